The number of rotatable bonds is 7. The number of aliphatic hydroxyl groups is 1. The van der Waals surface area contributed by atoms with Gasteiger partial charge in [-0.3, -0.25) is 9.59 Å². The Hall–Kier alpha value is -1.40. The van der Waals surface area contributed by atoms with Gasteiger partial charge in [-0.05, 0) is 5.56 Å². The average Bonchev–Trinajstić information content (AvgIpc) is 2.51. The molecule has 0 aromatic heterocycles. The molecule has 0 fully saturated rings. The minimum absolute atomic E-state index is 0.0958. The van der Waals surface area contributed by atoms with Gasteiger partial charge in [-0.2, -0.15) is 0 Å². The summed E-state index contributed by atoms with van der Waals surface area (Å²) in [4.78, 5) is 24.7. The third-order valence-corrected chi connectivity index (χ3v) is 3.43. The number of aliphatic hydroxyl groups excluding tert-OH is 1. The lowest BCUT2D eigenvalue weighted by Crippen LogP contribution is -2.39. The Bertz CT molecular complexity index is 438. The Labute approximate surface area is 126 Å². The summed E-state index contributed by atoms with van der Waals surface area (Å²) >= 11 is 3.12. The molecule has 0 heterocycles. The van der Waals surface area contributed by atoms with E-state index in [-0.39, 0.29) is 36.8 Å². The number of hydrogen-bond donors (Lipinski definition) is 1. The average molecular weight is 344 g/mol. The predicted molar refractivity (Wildman–Crippen MR) is 78.4 cm³/mol. The summed E-state index contributed by atoms with van der Waals surface area (Å²) < 4.78 is 4.58. The maximum absolute atomic E-state index is 12.0. The lowest BCUT2D eigenvalue weighted by Gasteiger charge is -2.30. The number of carbonyl (C=O) groups is 2. The van der Waals surface area contributed by atoms with Gasteiger partial charge in [-0.25, -0.2) is 0 Å². The summed E-state index contributed by atoms with van der Waals surface area (Å²) in [6, 6.07) is 8.76. The summed E-state index contributed by atoms with van der Waals surface area (Å²) in [6.45, 7) is 0.00114. The van der Waals surface area contributed by atoms with Gasteiger partial charge in [0.1, 0.15) is 0 Å². The number of benzene rings is 1. The third-order valence-electron chi connectivity index (χ3n) is 2.95. The maximum Gasteiger partial charge on any atom is 0.307 e. The number of alkyl halides is 1. The van der Waals surface area contributed by atoms with Crippen LogP contribution in [0.15, 0.2) is 30.3 Å². The smallest absolute Gasteiger partial charge is 0.307 e. The molecule has 0 unspecified atom stereocenters. The number of halogens is 1. The number of amides is 1. The molecule has 0 saturated heterocycles. The molecule has 0 aliphatic rings. The number of hydrogen-bond acceptors (Lipinski definition) is 4. The number of nitrogens with zero attached hydrogens (tertiary/aromatic N) is 1. The first-order valence-corrected chi connectivity index (χ1v) is 7.34. The molecule has 0 saturated carbocycles. The minimum Gasteiger partial charge on any atom is -0.469 e. The molecule has 6 heteroatoms. The molecule has 0 bridgehead atoms. The van der Waals surface area contributed by atoms with Gasteiger partial charge in [0.05, 0.1) is 31.5 Å². The van der Waals surface area contributed by atoms with E-state index in [2.05, 4.69) is 20.7 Å². The number of ether oxygens (including phenoxy) is 1. The van der Waals surface area contributed by atoms with Crippen molar-refractivity contribution in [2.45, 2.75) is 12.5 Å². The molecule has 0 radical (unpaired) electrons. The van der Waals surface area contributed by atoms with Crippen LogP contribution in [-0.2, 0) is 14.3 Å². The van der Waals surface area contributed by atoms with Crippen molar-refractivity contribution in [2.24, 2.45) is 0 Å². The Morgan fingerprint density at radius 2 is 2.00 bits per heavy atom. The van der Waals surface area contributed by atoms with Crippen LogP contribution in [0, 0.1) is 0 Å². The lowest BCUT2D eigenvalue weighted by atomic mass is 10.1. The second-order valence-corrected chi connectivity index (χ2v) is 4.72. The molecule has 1 rings (SSSR count). The van der Waals surface area contributed by atoms with Crippen LogP contribution in [0.5, 0.6) is 0 Å². The first-order chi connectivity index (χ1) is 9.63. The molecule has 110 valence electrons. The Morgan fingerprint density at radius 1 is 1.35 bits per heavy atom. The van der Waals surface area contributed by atoms with E-state index >= 15 is 0 Å². The van der Waals surface area contributed by atoms with Gasteiger partial charge in [-0.15, -0.1) is 0 Å². The molecular formula is C14H18BrNO4. The summed E-state index contributed by atoms with van der Waals surface area (Å²) in [5, 5.41) is 9.73. The van der Waals surface area contributed by atoms with Crippen molar-refractivity contribution in [3.63, 3.8) is 0 Å². The Balaban J connectivity index is 2.89. The fourth-order valence-corrected chi connectivity index (χ4v) is 2.23. The van der Waals surface area contributed by atoms with Gasteiger partial charge in [-0.1, -0.05) is 46.3 Å². The van der Waals surface area contributed by atoms with Crippen molar-refractivity contribution in [3.8, 4) is 0 Å². The van der Waals surface area contributed by atoms with Gasteiger partial charge in [0, 0.05) is 6.54 Å². The molecule has 1 amide bonds. The van der Waals surface area contributed by atoms with Gasteiger partial charge in [0.2, 0.25) is 5.91 Å². The Morgan fingerprint density at radius 3 is 2.50 bits per heavy atom. The molecule has 1 N–H and O–H groups in total. The highest BCUT2D eigenvalue weighted by molar-refractivity contribution is 9.09. The predicted octanol–water partition coefficient (Wildman–Crippen LogP) is 1.51. The van der Waals surface area contributed by atoms with Crippen LogP contribution in [0.1, 0.15) is 18.0 Å². The van der Waals surface area contributed by atoms with Crippen LogP contribution in [0.2, 0.25) is 0 Å². The zero-order valence-corrected chi connectivity index (χ0v) is 12.9. The van der Waals surface area contributed by atoms with Gasteiger partial charge < -0.3 is 14.7 Å². The first-order valence-electron chi connectivity index (χ1n) is 6.22. The molecular weight excluding hydrogens is 326 g/mol. The highest BCUT2D eigenvalue weighted by Gasteiger charge is 2.24. The van der Waals surface area contributed by atoms with Crippen molar-refractivity contribution in [3.05, 3.63) is 35.9 Å². The second kappa shape index (κ2) is 8.71. The monoisotopic (exact) mass is 343 g/mol. The van der Waals surface area contributed by atoms with E-state index in [0.29, 0.717) is 0 Å². The van der Waals surface area contributed by atoms with Crippen LogP contribution in [-0.4, -0.2) is 47.5 Å². The standard InChI is InChI=1S/C14H18BrNO4/c1-20-14(19)7-8-16(13(18)9-15)12(10-17)11-5-3-2-4-6-11/h2-6,12,17H,7-10H2,1H3/t12-/m0/s1. The highest BCUT2D eigenvalue weighted by atomic mass is 79.9. The number of carbonyl (C=O) groups excluding carboxylic acids is 2. The molecule has 20 heavy (non-hydrogen) atoms. The van der Waals surface area contributed by atoms with Crippen LogP contribution in [0.3, 0.4) is 0 Å². The van der Waals surface area contributed by atoms with Crippen molar-refractivity contribution < 1.29 is 19.4 Å². The normalized spacial score (nSPS) is 11.8. The summed E-state index contributed by atoms with van der Waals surface area (Å²) in [7, 11) is 1.31. The van der Waals surface area contributed by atoms with E-state index in [1.165, 1.54) is 12.0 Å². The summed E-state index contributed by atoms with van der Waals surface area (Å²) in [6.07, 6.45) is 0.0958. The Kier molecular flexibility index (Phi) is 7.25. The second-order valence-electron chi connectivity index (χ2n) is 4.16. The number of esters is 1. The van der Waals surface area contributed by atoms with Crippen LogP contribution in [0.25, 0.3) is 0 Å². The molecule has 0 spiro atoms. The van der Waals surface area contributed by atoms with E-state index in [9.17, 15) is 14.7 Å². The third kappa shape index (κ3) is 4.61. The van der Waals surface area contributed by atoms with Crippen LogP contribution < -0.4 is 0 Å². The maximum atomic E-state index is 12.0. The van der Waals surface area contributed by atoms with Crippen molar-refractivity contribution in [2.75, 3.05) is 25.6 Å². The molecule has 1 aromatic carbocycles. The molecule has 1 atom stereocenters. The quantitative estimate of drug-likeness (QED) is 0.601. The fraction of sp³-hybridized carbons (Fsp3) is 0.429. The van der Waals surface area contributed by atoms with E-state index in [4.69, 9.17) is 0 Å². The highest BCUT2D eigenvalue weighted by Crippen LogP contribution is 2.21. The zero-order chi connectivity index (χ0) is 15.0. The molecule has 0 aliphatic heterocycles. The molecule has 0 aliphatic carbocycles. The topological polar surface area (TPSA) is 66.8 Å². The number of methoxy groups -OCH3 is 1. The van der Waals surface area contributed by atoms with Gasteiger partial charge in [0.25, 0.3) is 0 Å². The van der Waals surface area contributed by atoms with E-state index in [1.807, 2.05) is 30.3 Å². The SMILES string of the molecule is COC(=O)CCN(C(=O)CBr)[C@@H](CO)c1ccccc1. The van der Waals surface area contributed by atoms with E-state index in [1.54, 1.807) is 0 Å². The fourth-order valence-electron chi connectivity index (χ4n) is 1.90. The molecule has 5 nitrogen and oxygen atoms in total. The minimum atomic E-state index is -0.467. The van der Waals surface area contributed by atoms with Crippen LogP contribution >= 0.6 is 15.9 Å². The van der Waals surface area contributed by atoms with E-state index in [0.717, 1.165) is 5.56 Å². The van der Waals surface area contributed by atoms with Crippen LogP contribution in [0.4, 0.5) is 0 Å². The lowest BCUT2D eigenvalue weighted by molar-refractivity contribution is -0.142. The zero-order valence-electron chi connectivity index (χ0n) is 11.3. The van der Waals surface area contributed by atoms with Gasteiger partial charge >= 0.3 is 5.97 Å². The van der Waals surface area contributed by atoms with Crippen molar-refractivity contribution >= 4 is 27.8 Å². The summed E-state index contributed by atoms with van der Waals surface area (Å²) in [5.41, 5.74) is 0.828. The molecule has 1 aromatic rings. The van der Waals surface area contributed by atoms with Gasteiger partial charge in [0.15, 0.2) is 0 Å². The first kappa shape index (κ1) is 16.7. The van der Waals surface area contributed by atoms with E-state index < -0.39 is 6.04 Å². The summed E-state index contributed by atoms with van der Waals surface area (Å²) in [5.74, 6) is -0.570. The van der Waals surface area contributed by atoms with Crippen molar-refractivity contribution in [1.29, 1.82) is 0 Å². The largest absolute Gasteiger partial charge is 0.469 e. The van der Waals surface area contributed by atoms with Crippen molar-refractivity contribution in [1.82, 2.24) is 4.90 Å².